The molecule has 1 aromatic rings. The van der Waals surface area contributed by atoms with E-state index in [4.69, 9.17) is 10.2 Å². The lowest BCUT2D eigenvalue weighted by atomic mass is 10.1. The summed E-state index contributed by atoms with van der Waals surface area (Å²) >= 11 is 0. The van der Waals surface area contributed by atoms with Crippen LogP contribution in [-0.2, 0) is 13.1 Å². The van der Waals surface area contributed by atoms with Gasteiger partial charge in [-0.05, 0) is 31.9 Å². The minimum Gasteiger partial charge on any atom is -0.468 e. The molecule has 1 fully saturated rings. The first-order valence-corrected chi connectivity index (χ1v) is 6.23. The zero-order valence-corrected chi connectivity index (χ0v) is 10.1. The minimum atomic E-state index is 0.500. The zero-order chi connectivity index (χ0) is 11.4. The average Bonchev–Trinajstić information content (AvgIpc) is 2.88. The molecular formula is C13H22N2O. The van der Waals surface area contributed by atoms with Crippen LogP contribution in [0.3, 0.4) is 0 Å². The van der Waals surface area contributed by atoms with Gasteiger partial charge in [0.1, 0.15) is 5.76 Å². The highest BCUT2D eigenvalue weighted by molar-refractivity contribution is 5.16. The molecule has 0 bridgehead atoms. The molecule has 2 N–H and O–H groups in total. The Morgan fingerprint density at radius 3 is 2.88 bits per heavy atom. The van der Waals surface area contributed by atoms with Gasteiger partial charge in [-0.25, -0.2) is 0 Å². The van der Waals surface area contributed by atoms with Gasteiger partial charge < -0.3 is 15.1 Å². The average molecular weight is 222 g/mol. The maximum absolute atomic E-state index is 5.62. The zero-order valence-electron chi connectivity index (χ0n) is 10.1. The molecule has 3 nitrogen and oxygen atoms in total. The van der Waals surface area contributed by atoms with Crippen LogP contribution in [0.5, 0.6) is 0 Å². The smallest absolute Gasteiger partial charge is 0.121 e. The first-order chi connectivity index (χ1) is 7.79. The summed E-state index contributed by atoms with van der Waals surface area (Å²) in [4.78, 5) is 2.39. The van der Waals surface area contributed by atoms with Crippen LogP contribution in [0, 0.1) is 5.92 Å². The summed E-state index contributed by atoms with van der Waals surface area (Å²) in [6.07, 6.45) is 7.37. The van der Waals surface area contributed by atoms with Gasteiger partial charge in [0.05, 0.1) is 12.8 Å². The molecule has 0 atom stereocenters. The van der Waals surface area contributed by atoms with Gasteiger partial charge in [-0.3, -0.25) is 0 Å². The van der Waals surface area contributed by atoms with E-state index in [1.807, 2.05) is 6.07 Å². The van der Waals surface area contributed by atoms with Crippen LogP contribution in [0.2, 0.25) is 0 Å². The molecule has 1 aliphatic carbocycles. The Hall–Kier alpha value is -0.800. The van der Waals surface area contributed by atoms with Gasteiger partial charge in [0.2, 0.25) is 0 Å². The molecule has 1 heterocycles. The Morgan fingerprint density at radius 2 is 2.19 bits per heavy atom. The molecule has 0 aromatic carbocycles. The first kappa shape index (κ1) is 11.7. The van der Waals surface area contributed by atoms with Crippen molar-refractivity contribution in [1.82, 2.24) is 4.90 Å². The monoisotopic (exact) mass is 222 g/mol. The second-order valence-corrected chi connectivity index (χ2v) is 4.92. The van der Waals surface area contributed by atoms with Crippen molar-refractivity contribution in [3.63, 3.8) is 0 Å². The lowest BCUT2D eigenvalue weighted by molar-refractivity contribution is 0.269. The van der Waals surface area contributed by atoms with Crippen molar-refractivity contribution >= 4 is 0 Å². The lowest BCUT2D eigenvalue weighted by Gasteiger charge is -2.20. The second kappa shape index (κ2) is 5.51. The van der Waals surface area contributed by atoms with Crippen molar-refractivity contribution in [3.8, 4) is 0 Å². The van der Waals surface area contributed by atoms with E-state index in [0.717, 1.165) is 18.2 Å². The van der Waals surface area contributed by atoms with Crippen LogP contribution < -0.4 is 5.73 Å². The SMILES string of the molecule is CN(Cc1ccoc1CN)CC1CCCC1. The van der Waals surface area contributed by atoms with E-state index in [0.29, 0.717) is 6.54 Å². The summed E-state index contributed by atoms with van der Waals surface area (Å²) in [5.41, 5.74) is 6.86. The van der Waals surface area contributed by atoms with E-state index in [-0.39, 0.29) is 0 Å². The first-order valence-electron chi connectivity index (χ1n) is 6.23. The summed E-state index contributed by atoms with van der Waals surface area (Å²) < 4.78 is 5.33. The van der Waals surface area contributed by atoms with Crippen molar-refractivity contribution in [2.75, 3.05) is 13.6 Å². The topological polar surface area (TPSA) is 42.4 Å². The molecule has 1 saturated carbocycles. The lowest BCUT2D eigenvalue weighted by Crippen LogP contribution is -2.24. The third kappa shape index (κ3) is 2.86. The Labute approximate surface area is 97.6 Å². The summed E-state index contributed by atoms with van der Waals surface area (Å²) in [6.45, 7) is 2.66. The van der Waals surface area contributed by atoms with E-state index < -0.39 is 0 Å². The van der Waals surface area contributed by atoms with Crippen LogP contribution in [0.1, 0.15) is 37.0 Å². The highest BCUT2D eigenvalue weighted by atomic mass is 16.3. The minimum absolute atomic E-state index is 0.500. The highest BCUT2D eigenvalue weighted by Crippen LogP contribution is 2.25. The fourth-order valence-electron chi connectivity index (χ4n) is 2.68. The van der Waals surface area contributed by atoms with E-state index >= 15 is 0 Å². The number of nitrogens with two attached hydrogens (primary N) is 1. The molecule has 16 heavy (non-hydrogen) atoms. The largest absolute Gasteiger partial charge is 0.468 e. The Kier molecular flexibility index (Phi) is 4.02. The standard InChI is InChI=1S/C13H22N2O/c1-15(9-11-4-2-3-5-11)10-12-6-7-16-13(12)8-14/h6-7,11H,2-5,8-10,14H2,1H3. The molecule has 0 aliphatic heterocycles. The fourth-order valence-corrected chi connectivity index (χ4v) is 2.68. The third-order valence-corrected chi connectivity index (χ3v) is 3.51. The van der Waals surface area contributed by atoms with Gasteiger partial charge in [0, 0.05) is 18.7 Å². The molecule has 0 unspecified atom stereocenters. The third-order valence-electron chi connectivity index (χ3n) is 3.51. The molecule has 0 amide bonds. The van der Waals surface area contributed by atoms with E-state index in [1.165, 1.54) is 37.8 Å². The molecule has 0 radical (unpaired) electrons. The van der Waals surface area contributed by atoms with Gasteiger partial charge in [0.25, 0.3) is 0 Å². The molecule has 0 saturated heterocycles. The fraction of sp³-hybridized carbons (Fsp3) is 0.692. The van der Waals surface area contributed by atoms with Gasteiger partial charge in [-0.15, -0.1) is 0 Å². The van der Waals surface area contributed by atoms with Gasteiger partial charge >= 0.3 is 0 Å². The van der Waals surface area contributed by atoms with Crippen LogP contribution in [0.15, 0.2) is 16.7 Å². The Morgan fingerprint density at radius 1 is 1.44 bits per heavy atom. The van der Waals surface area contributed by atoms with Crippen molar-refractivity contribution < 1.29 is 4.42 Å². The molecule has 1 aromatic heterocycles. The maximum Gasteiger partial charge on any atom is 0.121 e. The molecule has 2 rings (SSSR count). The number of hydrogen-bond donors (Lipinski definition) is 1. The predicted molar refractivity (Wildman–Crippen MR) is 64.9 cm³/mol. The van der Waals surface area contributed by atoms with E-state index in [1.54, 1.807) is 6.26 Å². The molecule has 0 spiro atoms. The van der Waals surface area contributed by atoms with E-state index in [9.17, 15) is 0 Å². The second-order valence-electron chi connectivity index (χ2n) is 4.92. The van der Waals surface area contributed by atoms with Gasteiger partial charge in [-0.2, -0.15) is 0 Å². The highest BCUT2D eigenvalue weighted by Gasteiger charge is 2.17. The summed E-state index contributed by atoms with van der Waals surface area (Å²) in [6, 6.07) is 2.04. The molecular weight excluding hydrogens is 200 g/mol. The predicted octanol–water partition coefficient (Wildman–Crippen LogP) is 2.36. The quantitative estimate of drug-likeness (QED) is 0.831. The van der Waals surface area contributed by atoms with Crippen LogP contribution >= 0.6 is 0 Å². The van der Waals surface area contributed by atoms with Crippen molar-refractivity contribution in [2.45, 2.75) is 38.8 Å². The maximum atomic E-state index is 5.62. The van der Waals surface area contributed by atoms with Crippen LogP contribution in [-0.4, -0.2) is 18.5 Å². The molecule has 1 aliphatic rings. The van der Waals surface area contributed by atoms with Crippen molar-refractivity contribution in [3.05, 3.63) is 23.7 Å². The number of rotatable bonds is 5. The Bertz CT molecular complexity index is 315. The normalized spacial score (nSPS) is 17.4. The number of nitrogens with zero attached hydrogens (tertiary/aromatic N) is 1. The Balaban J connectivity index is 1.84. The summed E-state index contributed by atoms with van der Waals surface area (Å²) in [5, 5.41) is 0. The number of furan rings is 1. The number of hydrogen-bond acceptors (Lipinski definition) is 3. The van der Waals surface area contributed by atoms with Gasteiger partial charge in [-0.1, -0.05) is 12.8 Å². The molecule has 3 heteroatoms. The van der Waals surface area contributed by atoms with E-state index in [2.05, 4.69) is 11.9 Å². The summed E-state index contributed by atoms with van der Waals surface area (Å²) in [5.74, 6) is 1.83. The summed E-state index contributed by atoms with van der Waals surface area (Å²) in [7, 11) is 2.19. The molecule has 90 valence electrons. The van der Waals surface area contributed by atoms with Crippen molar-refractivity contribution in [2.24, 2.45) is 11.7 Å². The van der Waals surface area contributed by atoms with Crippen LogP contribution in [0.25, 0.3) is 0 Å². The van der Waals surface area contributed by atoms with Gasteiger partial charge in [0.15, 0.2) is 0 Å². The van der Waals surface area contributed by atoms with Crippen molar-refractivity contribution in [1.29, 1.82) is 0 Å². The van der Waals surface area contributed by atoms with Crippen LogP contribution in [0.4, 0.5) is 0 Å².